The third-order valence-electron chi connectivity index (χ3n) is 2.92. The molecule has 0 radical (unpaired) electrons. The van der Waals surface area contributed by atoms with E-state index >= 15 is 0 Å². The van der Waals surface area contributed by atoms with Gasteiger partial charge < -0.3 is 15.4 Å². The third kappa shape index (κ3) is 2.08. The number of carbonyl (C=O) groups is 2. The summed E-state index contributed by atoms with van der Waals surface area (Å²) in [4.78, 5) is 23.3. The molecule has 0 fully saturated rings. The van der Waals surface area contributed by atoms with E-state index in [0.29, 0.717) is 18.7 Å². The largest absolute Gasteiger partial charge is 0.463 e. The van der Waals surface area contributed by atoms with Crippen LogP contribution in [0.4, 0.5) is 11.4 Å². The van der Waals surface area contributed by atoms with Crippen molar-refractivity contribution in [2.45, 2.75) is 20.0 Å². The van der Waals surface area contributed by atoms with E-state index in [2.05, 4.69) is 0 Å². The van der Waals surface area contributed by atoms with Gasteiger partial charge in [0, 0.05) is 30.4 Å². The Kier molecular flexibility index (Phi) is 2.99. The molecule has 0 unspecified atom stereocenters. The first-order valence-electron chi connectivity index (χ1n) is 5.38. The molecule has 1 amide bonds. The van der Waals surface area contributed by atoms with Gasteiger partial charge in [0.05, 0.1) is 0 Å². The molecule has 5 nitrogen and oxygen atoms in total. The number of hydrogen-bond donors (Lipinski definition) is 1. The van der Waals surface area contributed by atoms with Gasteiger partial charge >= 0.3 is 0 Å². The van der Waals surface area contributed by atoms with Gasteiger partial charge in [0.15, 0.2) is 0 Å². The molecule has 90 valence electrons. The molecule has 0 saturated carbocycles. The first-order valence-corrected chi connectivity index (χ1v) is 5.38. The summed E-state index contributed by atoms with van der Waals surface area (Å²) < 4.78 is 4.69. The first kappa shape index (κ1) is 11.4. The van der Waals surface area contributed by atoms with E-state index < -0.39 is 0 Å². The molecular weight excluding hydrogens is 220 g/mol. The van der Waals surface area contributed by atoms with Crippen LogP contribution < -0.4 is 10.6 Å². The van der Waals surface area contributed by atoms with Crippen molar-refractivity contribution in [3.63, 3.8) is 0 Å². The monoisotopic (exact) mass is 234 g/mol. The summed E-state index contributed by atoms with van der Waals surface area (Å²) in [7, 11) is 0. The highest BCUT2D eigenvalue weighted by molar-refractivity contribution is 5.94. The lowest BCUT2D eigenvalue weighted by atomic mass is 10.1. The standard InChI is InChI=1S/C12H14N2O3/c1-8(16)14-3-2-9-4-11(13)10(5-12(9)14)6-17-7-15/h4-5,7H,2-3,6,13H2,1H3. The van der Waals surface area contributed by atoms with Crippen molar-refractivity contribution in [2.24, 2.45) is 0 Å². The summed E-state index contributed by atoms with van der Waals surface area (Å²) in [5, 5.41) is 0. The Morgan fingerprint density at radius 3 is 3.00 bits per heavy atom. The van der Waals surface area contributed by atoms with Gasteiger partial charge in [-0.1, -0.05) is 0 Å². The predicted octanol–water partition coefficient (Wildman–Crippen LogP) is 0.851. The molecular formula is C12H14N2O3. The van der Waals surface area contributed by atoms with Gasteiger partial charge in [0.1, 0.15) is 6.61 Å². The number of amides is 1. The number of nitrogens with zero attached hydrogens (tertiary/aromatic N) is 1. The van der Waals surface area contributed by atoms with E-state index in [-0.39, 0.29) is 12.5 Å². The number of benzene rings is 1. The fourth-order valence-electron chi connectivity index (χ4n) is 2.08. The Morgan fingerprint density at radius 1 is 1.59 bits per heavy atom. The van der Waals surface area contributed by atoms with Crippen molar-refractivity contribution in [3.8, 4) is 0 Å². The van der Waals surface area contributed by atoms with Crippen LogP contribution in [0.5, 0.6) is 0 Å². The van der Waals surface area contributed by atoms with Crippen LogP contribution >= 0.6 is 0 Å². The number of nitrogens with two attached hydrogens (primary N) is 1. The minimum absolute atomic E-state index is 0.00998. The van der Waals surface area contributed by atoms with Crippen LogP contribution in [0.25, 0.3) is 0 Å². The maximum absolute atomic E-state index is 11.4. The Balaban J connectivity index is 2.36. The minimum Gasteiger partial charge on any atom is -0.463 e. The lowest BCUT2D eigenvalue weighted by Crippen LogP contribution is -2.25. The smallest absolute Gasteiger partial charge is 0.293 e. The van der Waals surface area contributed by atoms with Gasteiger partial charge in [0.2, 0.25) is 5.91 Å². The Morgan fingerprint density at radius 2 is 2.35 bits per heavy atom. The van der Waals surface area contributed by atoms with Crippen molar-refractivity contribution in [1.29, 1.82) is 0 Å². The molecule has 1 aliphatic heterocycles. The van der Waals surface area contributed by atoms with Crippen molar-refractivity contribution in [3.05, 3.63) is 23.3 Å². The number of nitrogen functional groups attached to an aromatic ring is 1. The van der Waals surface area contributed by atoms with E-state index in [4.69, 9.17) is 10.5 Å². The summed E-state index contributed by atoms with van der Waals surface area (Å²) in [6.45, 7) is 2.74. The zero-order chi connectivity index (χ0) is 12.4. The number of carbonyl (C=O) groups excluding carboxylic acids is 2. The Hall–Kier alpha value is -2.04. The van der Waals surface area contributed by atoms with Crippen LogP contribution in [0.3, 0.4) is 0 Å². The molecule has 1 aliphatic rings. The van der Waals surface area contributed by atoms with E-state index in [1.807, 2.05) is 12.1 Å². The highest BCUT2D eigenvalue weighted by atomic mass is 16.5. The SMILES string of the molecule is CC(=O)N1CCc2cc(N)c(COC=O)cc21. The molecule has 2 N–H and O–H groups in total. The maximum Gasteiger partial charge on any atom is 0.293 e. The molecule has 1 aromatic rings. The molecule has 0 bridgehead atoms. The van der Waals surface area contributed by atoms with Crippen molar-refractivity contribution in [2.75, 3.05) is 17.2 Å². The molecule has 0 aliphatic carbocycles. The second-order valence-corrected chi connectivity index (χ2v) is 4.01. The van der Waals surface area contributed by atoms with E-state index in [9.17, 15) is 9.59 Å². The molecule has 1 heterocycles. The summed E-state index contributed by atoms with van der Waals surface area (Å²) in [5.74, 6) is 0.00998. The van der Waals surface area contributed by atoms with E-state index in [0.717, 1.165) is 23.2 Å². The van der Waals surface area contributed by atoms with E-state index in [1.54, 1.807) is 4.90 Å². The second-order valence-electron chi connectivity index (χ2n) is 4.01. The van der Waals surface area contributed by atoms with Crippen LogP contribution in [0.15, 0.2) is 12.1 Å². The second kappa shape index (κ2) is 4.45. The number of fused-ring (bicyclic) bond motifs is 1. The number of rotatable bonds is 3. The van der Waals surface area contributed by atoms with Crippen LogP contribution in [-0.4, -0.2) is 18.9 Å². The lowest BCUT2D eigenvalue weighted by molar-refractivity contribution is -0.129. The van der Waals surface area contributed by atoms with Gasteiger partial charge in [-0.25, -0.2) is 0 Å². The lowest BCUT2D eigenvalue weighted by Gasteiger charge is -2.16. The Bertz CT molecular complexity index is 471. The quantitative estimate of drug-likeness (QED) is 0.621. The fraction of sp³-hybridized carbons (Fsp3) is 0.333. The van der Waals surface area contributed by atoms with Crippen LogP contribution in [-0.2, 0) is 27.4 Å². The van der Waals surface area contributed by atoms with Crippen LogP contribution in [0.1, 0.15) is 18.1 Å². The molecule has 17 heavy (non-hydrogen) atoms. The molecule has 0 spiro atoms. The predicted molar refractivity (Wildman–Crippen MR) is 63.4 cm³/mol. The summed E-state index contributed by atoms with van der Waals surface area (Å²) in [6.07, 6.45) is 0.813. The normalized spacial score (nSPS) is 13.4. The van der Waals surface area contributed by atoms with Gasteiger partial charge in [-0.05, 0) is 24.1 Å². The first-order chi connectivity index (χ1) is 8.13. The van der Waals surface area contributed by atoms with Crippen molar-refractivity contribution in [1.82, 2.24) is 0 Å². The van der Waals surface area contributed by atoms with Crippen LogP contribution in [0, 0.1) is 0 Å². The highest BCUT2D eigenvalue weighted by Crippen LogP contribution is 2.32. The van der Waals surface area contributed by atoms with Crippen molar-refractivity contribution < 1.29 is 14.3 Å². The highest BCUT2D eigenvalue weighted by Gasteiger charge is 2.23. The molecule has 2 rings (SSSR count). The molecule has 5 heteroatoms. The summed E-state index contributed by atoms with van der Waals surface area (Å²) in [6, 6.07) is 3.67. The third-order valence-corrected chi connectivity index (χ3v) is 2.92. The fourth-order valence-corrected chi connectivity index (χ4v) is 2.08. The zero-order valence-electron chi connectivity index (χ0n) is 9.60. The Labute approximate surface area is 99.2 Å². The van der Waals surface area contributed by atoms with Gasteiger partial charge in [-0.3, -0.25) is 9.59 Å². The van der Waals surface area contributed by atoms with Gasteiger partial charge in [-0.2, -0.15) is 0 Å². The maximum atomic E-state index is 11.4. The molecule has 1 aromatic carbocycles. The van der Waals surface area contributed by atoms with Gasteiger partial charge in [-0.15, -0.1) is 0 Å². The number of ether oxygens (including phenoxy) is 1. The van der Waals surface area contributed by atoms with E-state index in [1.165, 1.54) is 6.92 Å². The van der Waals surface area contributed by atoms with Crippen LogP contribution in [0.2, 0.25) is 0 Å². The summed E-state index contributed by atoms with van der Waals surface area (Å²) in [5.41, 5.74) is 9.11. The molecule has 0 atom stereocenters. The molecule has 0 saturated heterocycles. The number of hydrogen-bond acceptors (Lipinski definition) is 4. The average molecular weight is 234 g/mol. The zero-order valence-corrected chi connectivity index (χ0v) is 9.60. The van der Waals surface area contributed by atoms with Crippen molar-refractivity contribution >= 4 is 23.8 Å². The topological polar surface area (TPSA) is 72.6 Å². The minimum atomic E-state index is 0.00998. The molecule has 0 aromatic heterocycles. The number of anilines is 2. The van der Waals surface area contributed by atoms with Gasteiger partial charge in [0.25, 0.3) is 6.47 Å². The summed E-state index contributed by atoms with van der Waals surface area (Å²) >= 11 is 0. The average Bonchev–Trinajstić information content (AvgIpc) is 2.68.